The van der Waals surface area contributed by atoms with E-state index in [1.807, 2.05) is 0 Å². The molecule has 0 spiro atoms. The first-order valence-corrected chi connectivity index (χ1v) is 3.10. The number of hydrogen-bond acceptors (Lipinski definition) is 3. The number of aldehydes is 1. The van der Waals surface area contributed by atoms with Crippen LogP contribution in [0.25, 0.3) is 0 Å². The van der Waals surface area contributed by atoms with Crippen LogP contribution in [0.15, 0.2) is 0 Å². The molecular formula is C6H11NO3. The van der Waals surface area contributed by atoms with E-state index >= 15 is 0 Å². The van der Waals surface area contributed by atoms with Gasteiger partial charge in [-0.25, -0.2) is 0 Å². The fourth-order valence-corrected chi connectivity index (χ4v) is 0.424. The van der Waals surface area contributed by atoms with Crippen LogP contribution in [-0.4, -0.2) is 32.5 Å². The van der Waals surface area contributed by atoms with Gasteiger partial charge in [0.1, 0.15) is 6.29 Å². The van der Waals surface area contributed by atoms with Crippen LogP contribution in [-0.2, 0) is 14.3 Å². The Morgan fingerprint density at radius 2 is 2.10 bits per heavy atom. The Hall–Kier alpha value is -0.900. The predicted octanol–water partition coefficient (Wildman–Crippen LogP) is -0.662. The second-order valence-electron chi connectivity index (χ2n) is 1.64. The zero-order chi connectivity index (χ0) is 7.66. The quantitative estimate of drug-likeness (QED) is 0.382. The summed E-state index contributed by atoms with van der Waals surface area (Å²) in [5, 5.41) is 2.43. The van der Waals surface area contributed by atoms with E-state index in [0.29, 0.717) is 32.6 Å². The number of nitrogens with one attached hydrogen (secondary N) is 1. The molecule has 0 aromatic heterocycles. The standard InChI is InChI=1S/C6H11NO3/c8-3-1-4-10-5-2-7-6-9/h3,6H,1-2,4-5H2,(H,7,9). The molecule has 0 saturated heterocycles. The molecule has 0 atom stereocenters. The van der Waals surface area contributed by atoms with Crippen molar-refractivity contribution in [1.29, 1.82) is 0 Å². The highest BCUT2D eigenvalue weighted by Gasteiger charge is 1.85. The largest absolute Gasteiger partial charge is 0.379 e. The summed E-state index contributed by atoms with van der Waals surface area (Å²) in [5.74, 6) is 0. The van der Waals surface area contributed by atoms with Crippen LogP contribution in [0.4, 0.5) is 0 Å². The average Bonchev–Trinajstić information content (AvgIpc) is 1.97. The van der Waals surface area contributed by atoms with E-state index in [1.54, 1.807) is 0 Å². The fourth-order valence-electron chi connectivity index (χ4n) is 0.424. The summed E-state index contributed by atoms with van der Waals surface area (Å²) in [7, 11) is 0. The van der Waals surface area contributed by atoms with E-state index in [4.69, 9.17) is 4.74 Å². The third kappa shape index (κ3) is 7.10. The molecule has 0 fully saturated rings. The van der Waals surface area contributed by atoms with Crippen molar-refractivity contribution in [3.63, 3.8) is 0 Å². The summed E-state index contributed by atoms with van der Waals surface area (Å²) < 4.78 is 4.92. The molecule has 0 saturated carbocycles. The Kier molecular flexibility index (Phi) is 7.37. The molecule has 10 heavy (non-hydrogen) atoms. The molecule has 0 aromatic carbocycles. The van der Waals surface area contributed by atoms with Crippen LogP contribution in [0.1, 0.15) is 6.42 Å². The topological polar surface area (TPSA) is 55.4 Å². The molecule has 0 heterocycles. The summed E-state index contributed by atoms with van der Waals surface area (Å²) in [6, 6.07) is 0. The van der Waals surface area contributed by atoms with Gasteiger partial charge in [0.05, 0.1) is 13.2 Å². The van der Waals surface area contributed by atoms with E-state index in [1.165, 1.54) is 0 Å². The van der Waals surface area contributed by atoms with Crippen molar-refractivity contribution in [2.24, 2.45) is 0 Å². The summed E-state index contributed by atoms with van der Waals surface area (Å²) >= 11 is 0. The second-order valence-corrected chi connectivity index (χ2v) is 1.64. The monoisotopic (exact) mass is 145 g/mol. The Morgan fingerprint density at radius 1 is 1.30 bits per heavy atom. The lowest BCUT2D eigenvalue weighted by molar-refractivity contribution is -0.110. The number of carbonyl (C=O) groups is 2. The van der Waals surface area contributed by atoms with Crippen molar-refractivity contribution in [3.05, 3.63) is 0 Å². The van der Waals surface area contributed by atoms with Gasteiger partial charge in [-0.1, -0.05) is 0 Å². The van der Waals surface area contributed by atoms with Gasteiger partial charge in [0.15, 0.2) is 0 Å². The minimum absolute atomic E-state index is 0.418. The molecule has 4 nitrogen and oxygen atoms in total. The minimum Gasteiger partial charge on any atom is -0.379 e. The number of carbonyl (C=O) groups excluding carboxylic acids is 2. The van der Waals surface area contributed by atoms with Gasteiger partial charge in [0, 0.05) is 13.0 Å². The Balaban J connectivity index is 2.76. The average molecular weight is 145 g/mol. The fraction of sp³-hybridized carbons (Fsp3) is 0.667. The Morgan fingerprint density at radius 3 is 2.70 bits per heavy atom. The van der Waals surface area contributed by atoms with Crippen LogP contribution in [0.3, 0.4) is 0 Å². The van der Waals surface area contributed by atoms with E-state index in [2.05, 4.69) is 5.32 Å². The van der Waals surface area contributed by atoms with E-state index in [-0.39, 0.29) is 0 Å². The van der Waals surface area contributed by atoms with Gasteiger partial charge in [-0.15, -0.1) is 0 Å². The lowest BCUT2D eigenvalue weighted by Gasteiger charge is -1.98. The van der Waals surface area contributed by atoms with Gasteiger partial charge in [0.25, 0.3) is 0 Å². The zero-order valence-electron chi connectivity index (χ0n) is 5.71. The van der Waals surface area contributed by atoms with Gasteiger partial charge in [-0.3, -0.25) is 4.79 Å². The van der Waals surface area contributed by atoms with Crippen molar-refractivity contribution in [2.45, 2.75) is 6.42 Å². The van der Waals surface area contributed by atoms with E-state index < -0.39 is 0 Å². The van der Waals surface area contributed by atoms with Crippen LogP contribution in [0.5, 0.6) is 0 Å². The number of hydrogen-bond donors (Lipinski definition) is 1. The maximum Gasteiger partial charge on any atom is 0.207 e. The first kappa shape index (κ1) is 9.10. The molecule has 0 rings (SSSR count). The van der Waals surface area contributed by atoms with E-state index in [0.717, 1.165) is 6.29 Å². The second kappa shape index (κ2) is 8.10. The van der Waals surface area contributed by atoms with Crippen LogP contribution < -0.4 is 5.32 Å². The SMILES string of the molecule is O=CCCOCCNC=O. The lowest BCUT2D eigenvalue weighted by atomic mass is 10.5. The van der Waals surface area contributed by atoms with Crippen molar-refractivity contribution in [3.8, 4) is 0 Å². The molecule has 58 valence electrons. The van der Waals surface area contributed by atoms with Crippen molar-refractivity contribution in [1.82, 2.24) is 5.32 Å². The molecule has 0 aliphatic heterocycles. The Labute approximate surface area is 59.6 Å². The third-order valence-corrected chi connectivity index (χ3v) is 0.854. The molecule has 0 aliphatic rings. The van der Waals surface area contributed by atoms with Gasteiger partial charge in [-0.2, -0.15) is 0 Å². The molecule has 1 amide bonds. The lowest BCUT2D eigenvalue weighted by Crippen LogP contribution is -2.17. The zero-order valence-corrected chi connectivity index (χ0v) is 5.71. The predicted molar refractivity (Wildman–Crippen MR) is 35.6 cm³/mol. The third-order valence-electron chi connectivity index (χ3n) is 0.854. The molecule has 1 N–H and O–H groups in total. The van der Waals surface area contributed by atoms with Crippen LogP contribution in [0, 0.1) is 0 Å². The molecule has 4 heteroatoms. The molecule has 0 aromatic rings. The van der Waals surface area contributed by atoms with Crippen LogP contribution >= 0.6 is 0 Å². The van der Waals surface area contributed by atoms with Crippen molar-refractivity contribution >= 4 is 12.7 Å². The summed E-state index contributed by atoms with van der Waals surface area (Å²) in [5.41, 5.74) is 0. The summed E-state index contributed by atoms with van der Waals surface area (Å²) in [6.45, 7) is 1.40. The smallest absolute Gasteiger partial charge is 0.207 e. The van der Waals surface area contributed by atoms with Crippen LogP contribution in [0.2, 0.25) is 0 Å². The molecular weight excluding hydrogens is 134 g/mol. The molecule has 0 unspecified atom stereocenters. The minimum atomic E-state index is 0.418. The van der Waals surface area contributed by atoms with Crippen molar-refractivity contribution < 1.29 is 14.3 Å². The Bertz CT molecular complexity index is 83.0. The van der Waals surface area contributed by atoms with Gasteiger partial charge in [-0.05, 0) is 0 Å². The number of amides is 1. The molecule has 0 radical (unpaired) electrons. The highest BCUT2D eigenvalue weighted by atomic mass is 16.5. The molecule has 0 bridgehead atoms. The van der Waals surface area contributed by atoms with Gasteiger partial charge < -0.3 is 14.8 Å². The van der Waals surface area contributed by atoms with E-state index in [9.17, 15) is 9.59 Å². The summed E-state index contributed by atoms with van der Waals surface area (Å²) in [4.78, 5) is 19.4. The maximum atomic E-state index is 9.74. The molecule has 0 aliphatic carbocycles. The highest BCUT2D eigenvalue weighted by molar-refractivity contribution is 5.49. The number of ether oxygens (including phenoxy) is 1. The van der Waals surface area contributed by atoms with Gasteiger partial charge in [0.2, 0.25) is 6.41 Å². The highest BCUT2D eigenvalue weighted by Crippen LogP contribution is 1.75. The van der Waals surface area contributed by atoms with Crippen molar-refractivity contribution in [2.75, 3.05) is 19.8 Å². The number of rotatable bonds is 7. The maximum absolute atomic E-state index is 9.74. The van der Waals surface area contributed by atoms with Gasteiger partial charge >= 0.3 is 0 Å². The normalized spacial score (nSPS) is 8.80. The first-order valence-electron chi connectivity index (χ1n) is 3.10. The first-order chi connectivity index (χ1) is 4.91. The summed E-state index contributed by atoms with van der Waals surface area (Å²) in [6.07, 6.45) is 1.83.